The van der Waals surface area contributed by atoms with Crippen LogP contribution in [0.1, 0.15) is 30.3 Å². The van der Waals surface area contributed by atoms with Crippen LogP contribution in [-0.4, -0.2) is 41.6 Å². The van der Waals surface area contributed by atoms with Gasteiger partial charge in [0.1, 0.15) is 12.1 Å². The molecule has 2 N–H and O–H groups in total. The lowest BCUT2D eigenvalue weighted by molar-refractivity contribution is -0.134. The van der Waals surface area contributed by atoms with Gasteiger partial charge in [-0.15, -0.1) is 11.3 Å². The van der Waals surface area contributed by atoms with Crippen molar-refractivity contribution in [1.29, 1.82) is 0 Å². The lowest BCUT2D eigenvalue weighted by Gasteiger charge is -2.22. The van der Waals surface area contributed by atoms with Crippen molar-refractivity contribution < 1.29 is 23.9 Å². The monoisotopic (exact) mass is 415 g/mol. The van der Waals surface area contributed by atoms with Gasteiger partial charge in [0.05, 0.1) is 6.04 Å². The van der Waals surface area contributed by atoms with E-state index in [0.717, 1.165) is 15.3 Å². The van der Waals surface area contributed by atoms with Gasteiger partial charge in [0.2, 0.25) is 12.7 Å². The normalized spacial score (nSPS) is 21.2. The summed E-state index contributed by atoms with van der Waals surface area (Å²) in [6, 6.07) is 8.47. The first kappa shape index (κ1) is 19.3. The Morgan fingerprint density at radius 3 is 2.86 bits per heavy atom. The molecule has 2 aliphatic rings. The Kier molecular flexibility index (Phi) is 4.91. The lowest BCUT2D eigenvalue weighted by atomic mass is 9.92. The summed E-state index contributed by atoms with van der Waals surface area (Å²) in [5, 5.41) is 7.47. The van der Waals surface area contributed by atoms with Crippen LogP contribution >= 0.6 is 11.3 Å². The summed E-state index contributed by atoms with van der Waals surface area (Å²) in [4.78, 5) is 39.7. The van der Waals surface area contributed by atoms with E-state index in [1.165, 1.54) is 11.3 Å². The fraction of sp³-hybridized carbons (Fsp3) is 0.350. The van der Waals surface area contributed by atoms with Crippen molar-refractivity contribution in [2.45, 2.75) is 31.8 Å². The highest BCUT2D eigenvalue weighted by atomic mass is 32.1. The number of hydrogen-bond acceptors (Lipinski definition) is 6. The summed E-state index contributed by atoms with van der Waals surface area (Å²) in [7, 11) is 0. The van der Waals surface area contributed by atoms with E-state index < -0.39 is 17.5 Å². The first-order chi connectivity index (χ1) is 13.9. The maximum absolute atomic E-state index is 12.9. The molecule has 0 saturated carbocycles. The van der Waals surface area contributed by atoms with Crippen LogP contribution in [0.15, 0.2) is 35.7 Å². The van der Waals surface area contributed by atoms with Crippen LogP contribution < -0.4 is 20.1 Å². The molecular formula is C20H21N3O5S. The van der Waals surface area contributed by atoms with Gasteiger partial charge in [-0.1, -0.05) is 12.1 Å². The zero-order valence-corrected chi connectivity index (χ0v) is 16.9. The van der Waals surface area contributed by atoms with Crippen LogP contribution in [0.4, 0.5) is 4.79 Å². The number of nitrogens with one attached hydrogen (secondary N) is 2. The second-order valence-electron chi connectivity index (χ2n) is 7.32. The molecular weight excluding hydrogens is 394 g/mol. The fourth-order valence-corrected chi connectivity index (χ4v) is 4.24. The minimum Gasteiger partial charge on any atom is -0.454 e. The molecule has 0 radical (unpaired) electrons. The van der Waals surface area contributed by atoms with Gasteiger partial charge in [-0.25, -0.2) is 4.79 Å². The summed E-state index contributed by atoms with van der Waals surface area (Å²) in [5.74, 6) is 0.446. The molecule has 9 heteroatoms. The molecule has 2 aromatic rings. The van der Waals surface area contributed by atoms with E-state index in [2.05, 4.69) is 10.6 Å². The van der Waals surface area contributed by atoms with Crippen molar-refractivity contribution in [3.8, 4) is 11.5 Å². The summed E-state index contributed by atoms with van der Waals surface area (Å²) < 4.78 is 10.7. The van der Waals surface area contributed by atoms with Crippen LogP contribution in [-0.2, 0) is 16.0 Å². The molecule has 2 aliphatic heterocycles. The molecule has 4 amide bonds. The number of benzene rings is 1. The summed E-state index contributed by atoms with van der Waals surface area (Å²) in [5.41, 5.74) is -0.312. The second kappa shape index (κ2) is 7.40. The van der Waals surface area contributed by atoms with Crippen LogP contribution in [0, 0.1) is 0 Å². The average molecular weight is 415 g/mol. The summed E-state index contributed by atoms with van der Waals surface area (Å²) in [6.45, 7) is 3.36. The number of hydrogen-bond donors (Lipinski definition) is 2. The van der Waals surface area contributed by atoms with Gasteiger partial charge in [-0.05, 0) is 43.0 Å². The molecule has 2 atom stereocenters. The largest absolute Gasteiger partial charge is 0.454 e. The van der Waals surface area contributed by atoms with Crippen molar-refractivity contribution in [3.63, 3.8) is 0 Å². The van der Waals surface area contributed by atoms with Gasteiger partial charge in [0.15, 0.2) is 11.5 Å². The number of urea groups is 1. The molecule has 1 fully saturated rings. The van der Waals surface area contributed by atoms with Crippen LogP contribution in [0.5, 0.6) is 11.5 Å². The Labute approximate surface area is 171 Å². The predicted molar refractivity (Wildman–Crippen MR) is 106 cm³/mol. The van der Waals surface area contributed by atoms with Crippen molar-refractivity contribution in [2.75, 3.05) is 13.3 Å². The number of fused-ring (bicyclic) bond motifs is 1. The molecule has 0 spiro atoms. The van der Waals surface area contributed by atoms with Crippen molar-refractivity contribution in [2.24, 2.45) is 0 Å². The molecule has 1 aromatic carbocycles. The maximum atomic E-state index is 12.9. The Bertz CT molecular complexity index is 961. The molecule has 3 heterocycles. The summed E-state index contributed by atoms with van der Waals surface area (Å²) in [6.07, 6.45) is 0.276. The van der Waals surface area contributed by atoms with E-state index in [9.17, 15) is 14.4 Å². The molecule has 0 aliphatic carbocycles. The van der Waals surface area contributed by atoms with Gasteiger partial charge in [-0.2, -0.15) is 0 Å². The van der Waals surface area contributed by atoms with Crippen molar-refractivity contribution in [3.05, 3.63) is 46.2 Å². The highest BCUT2D eigenvalue weighted by Gasteiger charge is 2.48. The third-order valence-corrected chi connectivity index (χ3v) is 6.04. The molecule has 1 aromatic heterocycles. The van der Waals surface area contributed by atoms with Gasteiger partial charge >= 0.3 is 6.03 Å². The number of nitrogens with zero attached hydrogens (tertiary/aromatic N) is 1. The highest BCUT2D eigenvalue weighted by molar-refractivity contribution is 7.10. The number of carbonyl (C=O) groups is 3. The van der Waals surface area contributed by atoms with Crippen LogP contribution in [0.3, 0.4) is 0 Å². The predicted octanol–water partition coefficient (Wildman–Crippen LogP) is 2.21. The standard InChI is InChI=1S/C20H21N3O5S/c1-12(16-4-3-7-29-16)21-17(24)10-23-18(25)20(2,22-19(23)26)9-13-5-6-14-15(8-13)28-11-27-14/h3-8,12H,9-11H2,1-2H3,(H,21,24)(H,22,26)/t12-,20-/m1/s1. The number of imide groups is 1. The van der Waals surface area contributed by atoms with Crippen molar-refractivity contribution >= 4 is 29.2 Å². The number of thiophene rings is 1. The molecule has 0 unspecified atom stereocenters. The lowest BCUT2D eigenvalue weighted by Crippen LogP contribution is -2.47. The molecule has 8 nitrogen and oxygen atoms in total. The van der Waals surface area contributed by atoms with E-state index in [-0.39, 0.29) is 31.7 Å². The third kappa shape index (κ3) is 3.77. The van der Waals surface area contributed by atoms with Gasteiger partial charge < -0.3 is 20.1 Å². The SMILES string of the molecule is C[C@@H](NC(=O)CN1C(=O)N[C@](C)(Cc2ccc3c(c2)OCO3)C1=O)c1cccs1. The molecule has 152 valence electrons. The van der Waals surface area contributed by atoms with Crippen LogP contribution in [0.2, 0.25) is 0 Å². The number of amides is 4. The maximum Gasteiger partial charge on any atom is 0.325 e. The second-order valence-corrected chi connectivity index (χ2v) is 8.30. The van der Waals surface area contributed by atoms with E-state index in [4.69, 9.17) is 9.47 Å². The number of carbonyl (C=O) groups excluding carboxylic acids is 3. The topological polar surface area (TPSA) is 97.0 Å². The minimum atomic E-state index is -1.13. The molecule has 4 rings (SSSR count). The highest BCUT2D eigenvalue weighted by Crippen LogP contribution is 2.34. The first-order valence-corrected chi connectivity index (χ1v) is 10.1. The molecule has 1 saturated heterocycles. The van der Waals surface area contributed by atoms with Gasteiger partial charge in [0.25, 0.3) is 5.91 Å². The quantitative estimate of drug-likeness (QED) is 0.705. The van der Waals surface area contributed by atoms with Gasteiger partial charge in [-0.3, -0.25) is 14.5 Å². The van der Waals surface area contributed by atoms with E-state index in [0.29, 0.717) is 11.5 Å². The first-order valence-electron chi connectivity index (χ1n) is 9.21. The van der Waals surface area contributed by atoms with E-state index in [1.807, 2.05) is 30.5 Å². The number of ether oxygens (including phenoxy) is 2. The van der Waals surface area contributed by atoms with Gasteiger partial charge in [0, 0.05) is 11.3 Å². The third-order valence-electron chi connectivity index (χ3n) is 4.99. The Morgan fingerprint density at radius 1 is 1.31 bits per heavy atom. The molecule has 0 bridgehead atoms. The smallest absolute Gasteiger partial charge is 0.325 e. The zero-order chi connectivity index (χ0) is 20.6. The minimum absolute atomic E-state index is 0.165. The number of rotatable bonds is 6. The Balaban J connectivity index is 1.41. The van der Waals surface area contributed by atoms with Crippen LogP contribution in [0.25, 0.3) is 0 Å². The van der Waals surface area contributed by atoms with Crippen molar-refractivity contribution in [1.82, 2.24) is 15.5 Å². The Hall–Kier alpha value is -3.07. The zero-order valence-electron chi connectivity index (χ0n) is 16.1. The van der Waals surface area contributed by atoms with E-state index in [1.54, 1.807) is 19.1 Å². The molecule has 29 heavy (non-hydrogen) atoms. The average Bonchev–Trinajstić information content (AvgIpc) is 3.39. The van der Waals surface area contributed by atoms with E-state index >= 15 is 0 Å². The fourth-order valence-electron chi connectivity index (χ4n) is 3.51. The Morgan fingerprint density at radius 2 is 2.10 bits per heavy atom. The summed E-state index contributed by atoms with van der Waals surface area (Å²) >= 11 is 1.53.